The molecule has 0 bridgehead atoms. The Morgan fingerprint density at radius 3 is 2.76 bits per heavy atom. The molecule has 0 amide bonds. The number of allylic oxidation sites excluding steroid dienone is 1. The van der Waals surface area contributed by atoms with Gasteiger partial charge in [0.1, 0.15) is 0 Å². The van der Waals surface area contributed by atoms with Crippen molar-refractivity contribution in [2.24, 2.45) is 17.3 Å². The Morgan fingerprint density at radius 2 is 2.10 bits per heavy atom. The van der Waals surface area contributed by atoms with Gasteiger partial charge in [0.2, 0.25) is 0 Å². The van der Waals surface area contributed by atoms with Gasteiger partial charge < -0.3 is 9.16 Å². The highest BCUT2D eigenvalue weighted by Crippen LogP contribution is 2.58. The molecule has 3 rings (SSSR count). The number of hydrogen-bond donors (Lipinski definition) is 0. The molecule has 2 aliphatic carbocycles. The van der Waals surface area contributed by atoms with Crippen molar-refractivity contribution in [3.63, 3.8) is 0 Å². The zero-order valence-corrected chi connectivity index (χ0v) is 14.9. The Bertz CT molecular complexity index is 477. The predicted molar refractivity (Wildman–Crippen MR) is 85.4 cm³/mol. The van der Waals surface area contributed by atoms with Crippen molar-refractivity contribution in [3.05, 3.63) is 12.2 Å². The number of carbonyl (C=O) groups excluding carboxylic acids is 1. The first-order chi connectivity index (χ1) is 9.67. The monoisotopic (exact) mass is 308 g/mol. The third-order valence-corrected chi connectivity index (χ3v) is 10.9. The van der Waals surface area contributed by atoms with Crippen LogP contribution < -0.4 is 0 Å². The topological polar surface area (TPSA) is 35.5 Å². The number of carbonyl (C=O) groups is 1. The van der Waals surface area contributed by atoms with E-state index in [1.807, 2.05) is 0 Å². The quantitative estimate of drug-likeness (QED) is 0.441. The maximum absolute atomic E-state index is 12.0. The molecule has 0 radical (unpaired) electrons. The van der Waals surface area contributed by atoms with Crippen LogP contribution in [0.2, 0.25) is 18.1 Å². The predicted octanol–water partition coefficient (Wildman–Crippen LogP) is 3.91. The summed E-state index contributed by atoms with van der Waals surface area (Å²) in [4.78, 5) is 12.0. The molecule has 0 unspecified atom stereocenters. The van der Waals surface area contributed by atoms with Gasteiger partial charge in [-0.1, -0.05) is 32.9 Å². The van der Waals surface area contributed by atoms with Gasteiger partial charge in [-0.2, -0.15) is 0 Å². The molecule has 21 heavy (non-hydrogen) atoms. The Hall–Kier alpha value is -0.613. The van der Waals surface area contributed by atoms with Gasteiger partial charge in [0.05, 0.1) is 18.6 Å². The number of ether oxygens (including phenoxy) is 1. The van der Waals surface area contributed by atoms with Crippen molar-refractivity contribution in [1.29, 1.82) is 0 Å². The summed E-state index contributed by atoms with van der Waals surface area (Å²) in [5.41, 5.74) is 0.0267. The molecule has 0 aromatic carbocycles. The molecule has 1 saturated carbocycles. The molecule has 3 nitrogen and oxygen atoms in total. The minimum atomic E-state index is -1.77. The highest BCUT2D eigenvalue weighted by Gasteiger charge is 2.61. The van der Waals surface area contributed by atoms with Gasteiger partial charge in [0.25, 0.3) is 0 Å². The molecule has 1 heterocycles. The fourth-order valence-electron chi connectivity index (χ4n) is 4.04. The third-order valence-electron chi connectivity index (χ3n) is 6.39. The van der Waals surface area contributed by atoms with Crippen molar-refractivity contribution >= 4 is 14.3 Å². The van der Waals surface area contributed by atoms with Crippen LogP contribution >= 0.6 is 0 Å². The zero-order chi connectivity index (χ0) is 15.5. The number of esters is 1. The molecule has 4 atom stereocenters. The second-order valence-corrected chi connectivity index (χ2v) is 13.3. The lowest BCUT2D eigenvalue weighted by Gasteiger charge is -2.42. The van der Waals surface area contributed by atoms with Crippen LogP contribution in [0.4, 0.5) is 0 Å². The molecule has 4 heteroatoms. The fraction of sp³-hybridized carbons (Fsp3) is 0.824. The van der Waals surface area contributed by atoms with E-state index in [4.69, 9.17) is 9.16 Å². The van der Waals surface area contributed by atoms with Crippen molar-refractivity contribution in [3.8, 4) is 0 Å². The largest absolute Gasteiger partial charge is 0.465 e. The molecular weight excluding hydrogens is 280 g/mol. The summed E-state index contributed by atoms with van der Waals surface area (Å²) in [5.74, 6) is 0.440. The summed E-state index contributed by atoms with van der Waals surface area (Å²) in [6, 6.07) is 0. The summed E-state index contributed by atoms with van der Waals surface area (Å²) in [6.07, 6.45) is 7.73. The van der Waals surface area contributed by atoms with E-state index in [1.165, 1.54) is 0 Å². The van der Waals surface area contributed by atoms with Gasteiger partial charge in [-0.25, -0.2) is 0 Å². The average Bonchev–Trinajstić information content (AvgIpc) is 2.89. The maximum Gasteiger partial charge on any atom is 0.309 e. The van der Waals surface area contributed by atoms with Crippen LogP contribution in [0.3, 0.4) is 0 Å². The molecule has 0 aromatic heterocycles. The van der Waals surface area contributed by atoms with Crippen LogP contribution in [-0.4, -0.2) is 27.0 Å². The lowest BCUT2D eigenvalue weighted by Crippen LogP contribution is -2.47. The Morgan fingerprint density at radius 1 is 1.38 bits per heavy atom. The van der Waals surface area contributed by atoms with Gasteiger partial charge in [-0.05, 0) is 37.4 Å². The highest BCUT2D eigenvalue weighted by atomic mass is 28.4. The average molecular weight is 308 g/mol. The van der Waals surface area contributed by atoms with E-state index in [2.05, 4.69) is 46.0 Å². The van der Waals surface area contributed by atoms with E-state index >= 15 is 0 Å². The van der Waals surface area contributed by atoms with E-state index < -0.39 is 8.32 Å². The molecule has 1 saturated heterocycles. The van der Waals surface area contributed by atoms with Crippen LogP contribution in [0.25, 0.3) is 0 Å². The van der Waals surface area contributed by atoms with Crippen molar-refractivity contribution in [1.82, 2.24) is 0 Å². The van der Waals surface area contributed by atoms with E-state index in [9.17, 15) is 4.79 Å². The third kappa shape index (κ3) is 2.22. The summed E-state index contributed by atoms with van der Waals surface area (Å²) in [6.45, 7) is 12.1. The summed E-state index contributed by atoms with van der Waals surface area (Å²) in [7, 11) is -1.77. The zero-order valence-electron chi connectivity index (χ0n) is 13.9. The summed E-state index contributed by atoms with van der Waals surface area (Å²) < 4.78 is 12.1. The van der Waals surface area contributed by atoms with Crippen molar-refractivity contribution in [2.45, 2.75) is 64.3 Å². The number of hydrogen-bond acceptors (Lipinski definition) is 3. The summed E-state index contributed by atoms with van der Waals surface area (Å²) >= 11 is 0. The second-order valence-electron chi connectivity index (χ2n) is 8.54. The van der Waals surface area contributed by atoms with Gasteiger partial charge in [0, 0.05) is 11.3 Å². The smallest absolute Gasteiger partial charge is 0.309 e. The minimum Gasteiger partial charge on any atom is -0.465 e. The molecule has 118 valence electrons. The van der Waals surface area contributed by atoms with Crippen LogP contribution in [-0.2, 0) is 14.0 Å². The van der Waals surface area contributed by atoms with Crippen LogP contribution in [0.15, 0.2) is 12.2 Å². The Labute approximate surface area is 129 Å². The molecule has 1 spiro atoms. The SMILES string of the molecule is CC(C)(C)[Si](C)(C)O[C@H]1CC[C@@]23COC(=O)[C@@H]2CC=C[C@H]13. The minimum absolute atomic E-state index is 0.0114. The van der Waals surface area contributed by atoms with E-state index in [0.29, 0.717) is 12.5 Å². The van der Waals surface area contributed by atoms with Crippen LogP contribution in [0, 0.1) is 17.3 Å². The van der Waals surface area contributed by atoms with Crippen molar-refractivity contribution in [2.75, 3.05) is 6.61 Å². The Balaban J connectivity index is 1.84. The van der Waals surface area contributed by atoms with Gasteiger partial charge >= 0.3 is 5.97 Å². The van der Waals surface area contributed by atoms with E-state index in [1.54, 1.807) is 0 Å². The molecule has 0 N–H and O–H groups in total. The van der Waals surface area contributed by atoms with Crippen LogP contribution in [0.1, 0.15) is 40.0 Å². The first-order valence-electron chi connectivity index (χ1n) is 8.18. The molecule has 1 aliphatic heterocycles. The molecular formula is C17H28O3Si. The second kappa shape index (κ2) is 4.69. The number of rotatable bonds is 2. The number of cyclic esters (lactones) is 1. The van der Waals surface area contributed by atoms with Gasteiger partial charge in [-0.15, -0.1) is 0 Å². The standard InChI is InChI=1S/C17H28O3Si/c1-16(2,3)21(4,5)20-14-9-10-17-11-19-15(18)13(17)8-6-7-12(14)17/h6-7,12-14H,8-11H2,1-5H3/t12-,13+,14+,17+/m1/s1. The molecule has 2 fully saturated rings. The van der Waals surface area contributed by atoms with E-state index in [-0.39, 0.29) is 28.4 Å². The maximum atomic E-state index is 12.0. The van der Waals surface area contributed by atoms with Gasteiger partial charge in [-0.3, -0.25) is 4.79 Å². The molecule has 0 aromatic rings. The van der Waals surface area contributed by atoms with Gasteiger partial charge in [0.15, 0.2) is 8.32 Å². The first kappa shape index (κ1) is 15.3. The normalized spacial score (nSPS) is 39.1. The van der Waals surface area contributed by atoms with E-state index in [0.717, 1.165) is 19.3 Å². The fourth-order valence-corrected chi connectivity index (χ4v) is 5.41. The summed E-state index contributed by atoms with van der Waals surface area (Å²) in [5, 5.41) is 0.225. The Kier molecular flexibility index (Phi) is 3.41. The van der Waals surface area contributed by atoms with Crippen LogP contribution in [0.5, 0.6) is 0 Å². The first-order valence-corrected chi connectivity index (χ1v) is 11.1. The van der Waals surface area contributed by atoms with Crippen molar-refractivity contribution < 1.29 is 14.0 Å². The molecule has 3 aliphatic rings. The lowest BCUT2D eigenvalue weighted by molar-refractivity contribution is -0.141. The highest BCUT2D eigenvalue weighted by molar-refractivity contribution is 6.74. The lowest BCUT2D eigenvalue weighted by atomic mass is 9.66.